The molecule has 1 atom stereocenters. The number of amides is 1. The zero-order valence-electron chi connectivity index (χ0n) is 8.08. The highest BCUT2D eigenvalue weighted by Gasteiger charge is 2.23. The fourth-order valence-electron chi connectivity index (χ4n) is 1.58. The van der Waals surface area contributed by atoms with Gasteiger partial charge >= 0.3 is 0 Å². The van der Waals surface area contributed by atoms with Crippen molar-refractivity contribution < 1.29 is 9.53 Å². The van der Waals surface area contributed by atoms with Crippen LogP contribution in [0.1, 0.15) is 6.42 Å². The summed E-state index contributed by atoms with van der Waals surface area (Å²) in [5.74, 6) is 0.982. The Balaban J connectivity index is 2.26. The van der Waals surface area contributed by atoms with E-state index in [1.165, 1.54) is 0 Å². The van der Waals surface area contributed by atoms with E-state index in [0.29, 0.717) is 0 Å². The molecule has 1 saturated heterocycles. The number of carbonyl (C=O) groups excluding carboxylic acids is 1. The zero-order valence-corrected chi connectivity index (χ0v) is 8.89. The van der Waals surface area contributed by atoms with E-state index in [1.54, 1.807) is 18.9 Å². The minimum atomic E-state index is 0.0306. The van der Waals surface area contributed by atoms with Gasteiger partial charge in [-0.1, -0.05) is 6.08 Å². The lowest BCUT2D eigenvalue weighted by Gasteiger charge is -2.17. The number of ether oxygens (including phenoxy) is 1. The predicted octanol–water partition coefficient (Wildman–Crippen LogP) is 1.08. The first-order valence-electron chi connectivity index (χ1n) is 4.67. The summed E-state index contributed by atoms with van der Waals surface area (Å²) in [6.45, 7) is 0.746. The topological polar surface area (TPSA) is 38.3 Å². The molecule has 0 aromatic heterocycles. The molecule has 1 N–H and O–H groups in total. The third-order valence-corrected chi connectivity index (χ3v) is 3.45. The lowest BCUT2D eigenvalue weighted by Crippen LogP contribution is -2.26. The Morgan fingerprint density at radius 2 is 2.50 bits per heavy atom. The largest absolute Gasteiger partial charge is 0.377 e. The molecule has 1 heterocycles. The molecule has 4 heteroatoms. The van der Waals surface area contributed by atoms with Crippen molar-refractivity contribution in [1.82, 2.24) is 5.32 Å². The Kier molecular flexibility index (Phi) is 2.93. The number of thioether (sulfide) groups is 1. The summed E-state index contributed by atoms with van der Waals surface area (Å²) in [5.41, 5.74) is 0.783. The minimum absolute atomic E-state index is 0.0306. The molecule has 0 bridgehead atoms. The van der Waals surface area contributed by atoms with E-state index in [0.717, 1.165) is 29.2 Å². The molecular weight excluding hydrogens is 198 g/mol. The molecule has 1 aliphatic heterocycles. The summed E-state index contributed by atoms with van der Waals surface area (Å²) in [5, 5.41) is 2.86. The third kappa shape index (κ3) is 1.86. The maximum atomic E-state index is 11.6. The van der Waals surface area contributed by atoms with Gasteiger partial charge in [-0.2, -0.15) is 0 Å². The first-order chi connectivity index (χ1) is 6.81. The maximum Gasteiger partial charge on any atom is 0.252 e. The molecule has 0 radical (unpaired) electrons. The van der Waals surface area contributed by atoms with Gasteiger partial charge in [-0.15, -0.1) is 11.8 Å². The quantitative estimate of drug-likeness (QED) is 0.705. The van der Waals surface area contributed by atoms with E-state index < -0.39 is 0 Å². The first-order valence-corrected chi connectivity index (χ1v) is 5.66. The van der Waals surface area contributed by atoms with Crippen molar-refractivity contribution >= 4 is 17.7 Å². The summed E-state index contributed by atoms with van der Waals surface area (Å²) in [6.07, 6.45) is 4.94. The van der Waals surface area contributed by atoms with Gasteiger partial charge in [-0.3, -0.25) is 4.79 Å². The average Bonchev–Trinajstić information content (AvgIpc) is 2.40. The van der Waals surface area contributed by atoms with E-state index in [9.17, 15) is 4.79 Å². The van der Waals surface area contributed by atoms with Crippen molar-refractivity contribution in [2.45, 2.75) is 12.5 Å². The Morgan fingerprint density at radius 1 is 1.64 bits per heavy atom. The predicted molar refractivity (Wildman–Crippen MR) is 57.0 cm³/mol. The molecule has 14 heavy (non-hydrogen) atoms. The summed E-state index contributed by atoms with van der Waals surface area (Å²) in [6, 6.07) is 0. The van der Waals surface area contributed by atoms with Gasteiger partial charge < -0.3 is 10.1 Å². The molecule has 3 nitrogen and oxygen atoms in total. The Hall–Kier alpha value is -0.740. The van der Waals surface area contributed by atoms with Crippen molar-refractivity contribution in [3.05, 3.63) is 22.6 Å². The van der Waals surface area contributed by atoms with Gasteiger partial charge in [-0.25, -0.2) is 0 Å². The molecule has 1 amide bonds. The number of nitrogens with one attached hydrogen (secondary N) is 1. The van der Waals surface area contributed by atoms with Crippen LogP contribution in [0.25, 0.3) is 0 Å². The molecular formula is C10H13NO2S. The molecule has 2 rings (SSSR count). The fourth-order valence-corrected chi connectivity index (χ4v) is 2.53. The van der Waals surface area contributed by atoms with Crippen molar-refractivity contribution in [2.24, 2.45) is 0 Å². The molecule has 1 aliphatic carbocycles. The van der Waals surface area contributed by atoms with Gasteiger partial charge in [0.2, 0.25) is 0 Å². The van der Waals surface area contributed by atoms with Crippen LogP contribution in [0.4, 0.5) is 0 Å². The first kappa shape index (κ1) is 9.80. The summed E-state index contributed by atoms with van der Waals surface area (Å²) in [7, 11) is 1.67. The van der Waals surface area contributed by atoms with Gasteiger partial charge in [0.05, 0.1) is 11.7 Å². The number of carbonyl (C=O) groups is 1. The molecule has 0 aromatic rings. The Bertz CT molecular complexity index is 309. The SMILES string of the molecule is COC1C=C2C(=O)NCCSC2=CC1. The Labute approximate surface area is 87.6 Å². The van der Waals surface area contributed by atoms with Crippen LogP contribution in [0.15, 0.2) is 22.6 Å². The molecule has 0 spiro atoms. The molecule has 0 aromatic carbocycles. The van der Waals surface area contributed by atoms with E-state index >= 15 is 0 Å². The molecule has 1 fully saturated rings. The van der Waals surface area contributed by atoms with E-state index in [1.807, 2.05) is 6.08 Å². The normalized spacial score (nSPS) is 26.9. The minimum Gasteiger partial charge on any atom is -0.377 e. The highest BCUT2D eigenvalue weighted by atomic mass is 32.2. The van der Waals surface area contributed by atoms with Gasteiger partial charge in [-0.05, 0) is 12.5 Å². The van der Waals surface area contributed by atoms with Crippen LogP contribution in [0.3, 0.4) is 0 Å². The monoisotopic (exact) mass is 211 g/mol. The highest BCUT2D eigenvalue weighted by molar-refractivity contribution is 8.03. The van der Waals surface area contributed by atoms with Crippen LogP contribution >= 0.6 is 11.8 Å². The van der Waals surface area contributed by atoms with E-state index in [-0.39, 0.29) is 12.0 Å². The smallest absolute Gasteiger partial charge is 0.252 e. The zero-order chi connectivity index (χ0) is 9.97. The number of rotatable bonds is 1. The lowest BCUT2D eigenvalue weighted by atomic mass is 10.0. The van der Waals surface area contributed by atoms with Gasteiger partial charge in [0.15, 0.2) is 0 Å². The number of methoxy groups -OCH3 is 1. The van der Waals surface area contributed by atoms with Crippen molar-refractivity contribution in [3.8, 4) is 0 Å². The maximum absolute atomic E-state index is 11.6. The van der Waals surface area contributed by atoms with Gasteiger partial charge in [0.25, 0.3) is 5.91 Å². The van der Waals surface area contributed by atoms with Crippen LogP contribution < -0.4 is 5.32 Å². The van der Waals surface area contributed by atoms with Gasteiger partial charge in [0.1, 0.15) is 0 Å². The second-order valence-corrected chi connectivity index (χ2v) is 4.40. The Morgan fingerprint density at radius 3 is 3.29 bits per heavy atom. The van der Waals surface area contributed by atoms with Crippen LogP contribution in [-0.2, 0) is 9.53 Å². The summed E-state index contributed by atoms with van der Waals surface area (Å²) >= 11 is 1.74. The molecule has 1 unspecified atom stereocenters. The van der Waals surface area contributed by atoms with Crippen LogP contribution in [0, 0.1) is 0 Å². The van der Waals surface area contributed by atoms with E-state index in [2.05, 4.69) is 11.4 Å². The fraction of sp³-hybridized carbons (Fsp3) is 0.500. The lowest BCUT2D eigenvalue weighted by molar-refractivity contribution is -0.117. The highest BCUT2D eigenvalue weighted by Crippen LogP contribution is 2.31. The molecule has 0 saturated carbocycles. The third-order valence-electron chi connectivity index (χ3n) is 2.35. The number of fused-ring (bicyclic) bond motifs is 1. The van der Waals surface area contributed by atoms with E-state index in [4.69, 9.17) is 4.74 Å². The molecule has 76 valence electrons. The van der Waals surface area contributed by atoms with Crippen molar-refractivity contribution in [3.63, 3.8) is 0 Å². The van der Waals surface area contributed by atoms with Crippen molar-refractivity contribution in [2.75, 3.05) is 19.4 Å². The van der Waals surface area contributed by atoms with Gasteiger partial charge in [0, 0.05) is 24.3 Å². The second kappa shape index (κ2) is 4.19. The van der Waals surface area contributed by atoms with Crippen molar-refractivity contribution in [1.29, 1.82) is 0 Å². The van der Waals surface area contributed by atoms with Crippen LogP contribution in [0.2, 0.25) is 0 Å². The average molecular weight is 211 g/mol. The summed E-state index contributed by atoms with van der Waals surface area (Å²) < 4.78 is 5.22. The number of hydrogen-bond donors (Lipinski definition) is 1. The second-order valence-electron chi connectivity index (χ2n) is 3.26. The standard InChI is InChI=1S/C10H13NO2S/c1-13-7-2-3-9-8(6-7)10(12)11-4-5-14-9/h3,6-7H,2,4-5H2,1H3,(H,11,12). The number of hydrogen-bond acceptors (Lipinski definition) is 3. The van der Waals surface area contributed by atoms with Crippen LogP contribution in [0.5, 0.6) is 0 Å². The molecule has 2 aliphatic rings. The summed E-state index contributed by atoms with van der Waals surface area (Å²) in [4.78, 5) is 12.7. The van der Waals surface area contributed by atoms with Crippen LogP contribution in [-0.4, -0.2) is 31.4 Å².